The van der Waals surface area contributed by atoms with Crippen molar-refractivity contribution in [2.24, 2.45) is 5.73 Å². The number of hydrogen-bond donors (Lipinski definition) is 5. The van der Waals surface area contributed by atoms with Crippen LogP contribution in [-0.4, -0.2) is 69.7 Å². The zero-order chi connectivity index (χ0) is 28.1. The Morgan fingerprint density at radius 1 is 1.12 bits per heavy atom. The number of nitrogens with one attached hydrogen (secondary N) is 3. The zero-order valence-electron chi connectivity index (χ0n) is 22.4. The number of carbonyl (C=O) groups excluding carboxylic acids is 3. The molecule has 10 nitrogen and oxygen atoms in total. The van der Waals surface area contributed by atoms with Gasteiger partial charge in [0.1, 0.15) is 17.8 Å². The highest BCUT2D eigenvalue weighted by molar-refractivity contribution is 5.99. The number of aliphatic hydroxyl groups is 1. The number of nitrogens with zero attached hydrogens (tertiary/aromatic N) is 2. The number of piperidine rings is 1. The highest BCUT2D eigenvalue weighted by atomic mass is 16.3. The molecule has 0 spiro atoms. The number of aliphatic hydroxyl groups excluding tert-OH is 1. The Morgan fingerprint density at radius 2 is 1.90 bits per heavy atom. The molecule has 4 atom stereocenters. The SMILES string of the molecule is N[C@@]1(NC(=O)[C@H](O)CCc2ccccc2)C[C@@H](C(=O)Nc2cnc3ccccc3c2)N(C(=O)C2CCCCN2)C1. The van der Waals surface area contributed by atoms with Gasteiger partial charge >= 0.3 is 0 Å². The molecular formula is C30H36N6O4. The van der Waals surface area contributed by atoms with Crippen LogP contribution in [0.25, 0.3) is 10.9 Å². The van der Waals surface area contributed by atoms with Gasteiger partial charge in [-0.05, 0) is 49.9 Å². The summed E-state index contributed by atoms with van der Waals surface area (Å²) < 4.78 is 0. The number of nitrogens with two attached hydrogens (primary N) is 1. The third-order valence-corrected chi connectivity index (χ3v) is 7.66. The van der Waals surface area contributed by atoms with Gasteiger partial charge in [-0.1, -0.05) is 55.0 Å². The Balaban J connectivity index is 1.30. The van der Waals surface area contributed by atoms with E-state index in [4.69, 9.17) is 5.73 Å². The fourth-order valence-electron chi connectivity index (χ4n) is 5.53. The number of anilines is 1. The number of fused-ring (bicyclic) bond motifs is 1. The number of aryl methyl sites for hydroxylation is 1. The highest BCUT2D eigenvalue weighted by Crippen LogP contribution is 2.27. The summed E-state index contributed by atoms with van der Waals surface area (Å²) in [5, 5.41) is 20.3. The fraction of sp³-hybridized carbons (Fsp3) is 0.400. The third-order valence-electron chi connectivity index (χ3n) is 7.66. The second-order valence-electron chi connectivity index (χ2n) is 10.8. The Bertz CT molecular complexity index is 1360. The largest absolute Gasteiger partial charge is 0.383 e. The summed E-state index contributed by atoms with van der Waals surface area (Å²) >= 11 is 0. The van der Waals surface area contributed by atoms with Gasteiger partial charge in [0.05, 0.1) is 30.0 Å². The minimum absolute atomic E-state index is 0.00937. The number of benzene rings is 2. The van der Waals surface area contributed by atoms with E-state index in [2.05, 4.69) is 20.9 Å². The van der Waals surface area contributed by atoms with E-state index >= 15 is 0 Å². The van der Waals surface area contributed by atoms with Crippen LogP contribution >= 0.6 is 0 Å². The van der Waals surface area contributed by atoms with Gasteiger partial charge in [0, 0.05) is 11.8 Å². The van der Waals surface area contributed by atoms with Gasteiger partial charge in [-0.15, -0.1) is 0 Å². The van der Waals surface area contributed by atoms with E-state index in [1.165, 1.54) is 4.90 Å². The first kappa shape index (κ1) is 27.7. The van der Waals surface area contributed by atoms with E-state index in [-0.39, 0.29) is 25.3 Å². The van der Waals surface area contributed by atoms with Crippen LogP contribution in [0.3, 0.4) is 0 Å². The smallest absolute Gasteiger partial charge is 0.250 e. The number of rotatable bonds is 8. The van der Waals surface area contributed by atoms with Crippen molar-refractivity contribution in [1.82, 2.24) is 20.5 Å². The van der Waals surface area contributed by atoms with Crippen LogP contribution in [0.4, 0.5) is 5.69 Å². The molecule has 6 N–H and O–H groups in total. The minimum Gasteiger partial charge on any atom is -0.383 e. The molecule has 0 saturated carbocycles. The average Bonchev–Trinajstić information content (AvgIpc) is 3.33. The van der Waals surface area contributed by atoms with Crippen LogP contribution in [0.5, 0.6) is 0 Å². The maximum absolute atomic E-state index is 13.6. The van der Waals surface area contributed by atoms with Gasteiger partial charge in [-0.2, -0.15) is 0 Å². The minimum atomic E-state index is -1.38. The number of likely N-dealkylation sites (tertiary alicyclic amines) is 1. The lowest BCUT2D eigenvalue weighted by Gasteiger charge is -2.31. The molecule has 0 radical (unpaired) electrons. The summed E-state index contributed by atoms with van der Waals surface area (Å²) in [4.78, 5) is 45.9. The first-order valence-electron chi connectivity index (χ1n) is 13.8. The first-order chi connectivity index (χ1) is 19.3. The summed E-state index contributed by atoms with van der Waals surface area (Å²) in [6.07, 6.45) is 3.62. The molecule has 5 rings (SSSR count). The molecule has 2 fully saturated rings. The molecule has 0 bridgehead atoms. The molecule has 3 aromatic rings. The van der Waals surface area contributed by atoms with E-state index in [9.17, 15) is 19.5 Å². The normalized spacial score (nSPS) is 23.5. The molecule has 2 aliphatic heterocycles. The number of para-hydroxylation sites is 1. The van der Waals surface area contributed by atoms with Crippen molar-refractivity contribution < 1.29 is 19.5 Å². The number of amides is 3. The molecule has 40 heavy (non-hydrogen) atoms. The number of aromatic nitrogens is 1. The average molecular weight is 545 g/mol. The lowest BCUT2D eigenvalue weighted by atomic mass is 10.0. The fourth-order valence-corrected chi connectivity index (χ4v) is 5.53. The predicted molar refractivity (Wildman–Crippen MR) is 152 cm³/mol. The van der Waals surface area contributed by atoms with Crippen molar-refractivity contribution in [2.45, 2.75) is 62.4 Å². The quantitative estimate of drug-likeness (QED) is 0.271. The first-order valence-corrected chi connectivity index (χ1v) is 13.8. The summed E-state index contributed by atoms with van der Waals surface area (Å²) in [5.41, 5.74) is 7.55. The molecule has 3 heterocycles. The van der Waals surface area contributed by atoms with Gasteiger partial charge in [0.25, 0.3) is 0 Å². The van der Waals surface area contributed by atoms with Crippen LogP contribution in [-0.2, 0) is 20.8 Å². The van der Waals surface area contributed by atoms with E-state index < -0.39 is 35.7 Å². The van der Waals surface area contributed by atoms with Gasteiger partial charge in [0.15, 0.2) is 0 Å². The molecule has 2 aliphatic rings. The molecule has 210 valence electrons. The van der Waals surface area contributed by atoms with E-state index in [0.29, 0.717) is 18.5 Å². The highest BCUT2D eigenvalue weighted by Gasteiger charge is 2.49. The van der Waals surface area contributed by atoms with Crippen molar-refractivity contribution in [1.29, 1.82) is 0 Å². The number of carbonyl (C=O) groups is 3. The lowest BCUT2D eigenvalue weighted by Crippen LogP contribution is -2.60. The Labute approximate surface area is 233 Å². The summed E-state index contributed by atoms with van der Waals surface area (Å²) in [5.74, 6) is -1.25. The predicted octanol–water partition coefficient (Wildman–Crippen LogP) is 1.68. The Hall–Kier alpha value is -3.86. The third kappa shape index (κ3) is 6.47. The van der Waals surface area contributed by atoms with Crippen LogP contribution < -0.4 is 21.7 Å². The lowest BCUT2D eigenvalue weighted by molar-refractivity contribution is -0.139. The number of hydrogen-bond acceptors (Lipinski definition) is 7. The maximum Gasteiger partial charge on any atom is 0.250 e. The molecule has 2 saturated heterocycles. The molecule has 2 aromatic carbocycles. The molecule has 3 amide bonds. The monoisotopic (exact) mass is 544 g/mol. The second kappa shape index (κ2) is 12.1. The van der Waals surface area contributed by atoms with Crippen molar-refractivity contribution in [3.8, 4) is 0 Å². The standard InChI is InChI=1S/C30H36N6O4/c31-30(35-28(39)26(37)14-13-20-8-2-1-3-9-20)17-25(36(19-30)29(40)24-12-6-7-15-32-24)27(38)34-22-16-21-10-4-5-11-23(21)33-18-22/h1-5,8-11,16,18,24-26,32,37H,6-7,12-15,17,19,31H2,(H,34,38)(H,35,39)/t24?,25-,26+,30+/m0/s1. The van der Waals surface area contributed by atoms with Crippen molar-refractivity contribution in [2.75, 3.05) is 18.4 Å². The van der Waals surface area contributed by atoms with Crippen molar-refractivity contribution in [3.05, 3.63) is 72.4 Å². The van der Waals surface area contributed by atoms with Gasteiger partial charge < -0.3 is 31.7 Å². The summed E-state index contributed by atoms with van der Waals surface area (Å²) in [7, 11) is 0. The van der Waals surface area contributed by atoms with Gasteiger partial charge in [0.2, 0.25) is 17.7 Å². The van der Waals surface area contributed by atoms with E-state index in [1.54, 1.807) is 6.20 Å². The van der Waals surface area contributed by atoms with Gasteiger partial charge in [-0.3, -0.25) is 19.4 Å². The van der Waals surface area contributed by atoms with Crippen LogP contribution in [0, 0.1) is 0 Å². The topological polar surface area (TPSA) is 150 Å². The van der Waals surface area contributed by atoms with Gasteiger partial charge in [-0.25, -0.2) is 0 Å². The Morgan fingerprint density at radius 3 is 2.67 bits per heavy atom. The zero-order valence-corrected chi connectivity index (χ0v) is 22.4. The number of pyridine rings is 1. The second-order valence-corrected chi connectivity index (χ2v) is 10.8. The van der Waals surface area contributed by atoms with Crippen LogP contribution in [0.15, 0.2) is 66.9 Å². The maximum atomic E-state index is 13.6. The molecule has 1 unspecified atom stereocenters. The molecule has 10 heteroatoms. The Kier molecular flexibility index (Phi) is 8.39. The molecule has 0 aliphatic carbocycles. The molecule has 1 aromatic heterocycles. The van der Waals surface area contributed by atoms with Crippen molar-refractivity contribution in [3.63, 3.8) is 0 Å². The van der Waals surface area contributed by atoms with Crippen LogP contribution in [0.2, 0.25) is 0 Å². The summed E-state index contributed by atoms with van der Waals surface area (Å²) in [6.45, 7) is 0.678. The van der Waals surface area contributed by atoms with E-state index in [1.807, 2.05) is 60.7 Å². The van der Waals surface area contributed by atoms with E-state index in [0.717, 1.165) is 35.9 Å². The summed E-state index contributed by atoms with van der Waals surface area (Å²) in [6, 6.07) is 17.7. The molecular weight excluding hydrogens is 508 g/mol. The van der Waals surface area contributed by atoms with Crippen molar-refractivity contribution >= 4 is 34.3 Å². The van der Waals surface area contributed by atoms with Crippen LogP contribution in [0.1, 0.15) is 37.7 Å².